The van der Waals surface area contributed by atoms with Gasteiger partial charge in [-0.1, -0.05) is 109 Å². The van der Waals surface area contributed by atoms with Crippen LogP contribution in [0.3, 0.4) is 0 Å². The summed E-state index contributed by atoms with van der Waals surface area (Å²) in [6.45, 7) is 0. The first kappa shape index (κ1) is 32.7. The van der Waals surface area contributed by atoms with Crippen LogP contribution < -0.4 is 0 Å². The van der Waals surface area contributed by atoms with E-state index < -0.39 is 0 Å². The summed E-state index contributed by atoms with van der Waals surface area (Å²) < 4.78 is 9.66. The van der Waals surface area contributed by atoms with E-state index in [2.05, 4.69) is 212 Å². The fourth-order valence-corrected chi connectivity index (χ4v) is 10.1. The van der Waals surface area contributed by atoms with Gasteiger partial charge in [0.1, 0.15) is 0 Å². The molecular weight excluding hydrogens is 731 g/mol. The Hall–Kier alpha value is -8.33. The number of fused-ring (bicyclic) bond motifs is 14. The van der Waals surface area contributed by atoms with E-state index in [0.29, 0.717) is 5.56 Å². The summed E-state index contributed by atoms with van der Waals surface area (Å²) in [5, 5.41) is 19.5. The van der Waals surface area contributed by atoms with Crippen molar-refractivity contribution < 1.29 is 0 Å². The van der Waals surface area contributed by atoms with Crippen LogP contribution in [0.1, 0.15) is 5.56 Å². The topological polar surface area (TPSA) is 43.5 Å². The van der Waals surface area contributed by atoms with E-state index in [0.717, 1.165) is 66.5 Å². The number of benzene rings is 9. The van der Waals surface area contributed by atoms with Crippen molar-refractivity contribution in [3.63, 3.8) is 0 Å². The highest BCUT2D eigenvalue weighted by Gasteiger charge is 2.24. The first-order valence-electron chi connectivity index (χ1n) is 20.3. The molecule has 0 aliphatic rings. The van der Waals surface area contributed by atoms with Crippen molar-refractivity contribution in [2.24, 2.45) is 0 Å². The molecule has 4 heterocycles. The molecule has 0 aliphatic heterocycles. The van der Waals surface area contributed by atoms with Gasteiger partial charge in [0, 0.05) is 65.8 Å². The molecular formula is C55H33N5. The molecule has 60 heavy (non-hydrogen) atoms. The first-order chi connectivity index (χ1) is 29.8. The van der Waals surface area contributed by atoms with Crippen LogP contribution in [0.4, 0.5) is 0 Å². The molecule has 0 bridgehead atoms. The molecule has 0 N–H and O–H groups in total. The van der Waals surface area contributed by atoms with Crippen LogP contribution in [-0.4, -0.2) is 18.3 Å². The second kappa shape index (κ2) is 12.3. The molecule has 278 valence electrons. The van der Waals surface area contributed by atoms with Gasteiger partial charge in [-0.2, -0.15) is 5.26 Å². The largest absolute Gasteiger partial charge is 0.309 e. The van der Waals surface area contributed by atoms with Gasteiger partial charge in [0.05, 0.1) is 55.8 Å². The summed E-state index contributed by atoms with van der Waals surface area (Å²) in [4.78, 5) is 0. The molecule has 0 atom stereocenters. The fraction of sp³-hybridized carbons (Fsp3) is 0. The van der Waals surface area contributed by atoms with Crippen LogP contribution >= 0.6 is 0 Å². The Labute approximate surface area is 344 Å². The minimum Gasteiger partial charge on any atom is -0.309 e. The smallest absolute Gasteiger partial charge is 0.0992 e. The minimum absolute atomic E-state index is 0.638. The molecule has 13 aromatic rings. The van der Waals surface area contributed by atoms with Crippen molar-refractivity contribution in [3.8, 4) is 28.8 Å². The van der Waals surface area contributed by atoms with Crippen LogP contribution in [0.15, 0.2) is 200 Å². The molecule has 0 aliphatic carbocycles. The van der Waals surface area contributed by atoms with Crippen LogP contribution in [0.25, 0.3) is 110 Å². The lowest BCUT2D eigenvalue weighted by Crippen LogP contribution is -1.96. The number of hydrogen-bond acceptors (Lipinski definition) is 1. The van der Waals surface area contributed by atoms with E-state index in [1.807, 2.05) is 12.1 Å². The second-order valence-corrected chi connectivity index (χ2v) is 15.6. The normalized spacial score (nSPS) is 12.0. The molecule has 9 aromatic carbocycles. The SMILES string of the molecule is N#Cc1ccc2c3ccc4c(c5cc(-n6c7ccccc7c7ccc8c(c9ccccc9n8-c8ccccc8)c76)ccc5n4-c4ccccc4)c3n(-c3ccccc3)c2c1. The number of aromatic nitrogens is 4. The molecule has 0 spiro atoms. The minimum atomic E-state index is 0.638. The monoisotopic (exact) mass is 763 g/mol. The van der Waals surface area contributed by atoms with Crippen molar-refractivity contribution in [2.75, 3.05) is 0 Å². The second-order valence-electron chi connectivity index (χ2n) is 15.6. The lowest BCUT2D eigenvalue weighted by molar-refractivity contribution is 1.16. The van der Waals surface area contributed by atoms with Crippen LogP contribution in [0.5, 0.6) is 0 Å². The zero-order chi connectivity index (χ0) is 39.5. The van der Waals surface area contributed by atoms with Gasteiger partial charge in [0.25, 0.3) is 0 Å². The molecule has 0 saturated carbocycles. The van der Waals surface area contributed by atoms with Gasteiger partial charge in [-0.3, -0.25) is 0 Å². The molecule has 0 radical (unpaired) electrons. The summed E-state index contributed by atoms with van der Waals surface area (Å²) in [6.07, 6.45) is 0. The van der Waals surface area contributed by atoms with Crippen molar-refractivity contribution in [2.45, 2.75) is 0 Å². The third kappa shape index (κ3) is 4.39. The van der Waals surface area contributed by atoms with E-state index in [-0.39, 0.29) is 0 Å². The maximum atomic E-state index is 10.1. The Morgan fingerprint density at radius 2 is 0.717 bits per heavy atom. The third-order valence-electron chi connectivity index (χ3n) is 12.5. The van der Waals surface area contributed by atoms with E-state index in [9.17, 15) is 5.26 Å². The van der Waals surface area contributed by atoms with Crippen molar-refractivity contribution >= 4 is 87.2 Å². The summed E-state index contributed by atoms with van der Waals surface area (Å²) >= 11 is 0. The van der Waals surface area contributed by atoms with Gasteiger partial charge in [-0.05, 0) is 91.0 Å². The number of hydrogen-bond donors (Lipinski definition) is 0. The Balaban J connectivity index is 1.22. The van der Waals surface area contributed by atoms with Gasteiger partial charge in [-0.15, -0.1) is 0 Å². The van der Waals surface area contributed by atoms with Gasteiger partial charge >= 0.3 is 0 Å². The summed E-state index contributed by atoms with van der Waals surface area (Å²) in [7, 11) is 0. The van der Waals surface area contributed by atoms with Crippen molar-refractivity contribution in [1.29, 1.82) is 5.26 Å². The Morgan fingerprint density at radius 3 is 1.32 bits per heavy atom. The summed E-state index contributed by atoms with van der Waals surface area (Å²) in [5.74, 6) is 0. The zero-order valence-corrected chi connectivity index (χ0v) is 32.3. The van der Waals surface area contributed by atoms with Gasteiger partial charge in [0.2, 0.25) is 0 Å². The molecule has 0 amide bonds. The van der Waals surface area contributed by atoms with E-state index in [4.69, 9.17) is 0 Å². The van der Waals surface area contributed by atoms with Crippen LogP contribution in [0.2, 0.25) is 0 Å². The van der Waals surface area contributed by atoms with Crippen LogP contribution in [0, 0.1) is 11.3 Å². The summed E-state index contributed by atoms with van der Waals surface area (Å²) in [5.41, 5.74) is 14.1. The molecule has 0 unspecified atom stereocenters. The highest BCUT2D eigenvalue weighted by Crippen LogP contribution is 2.45. The quantitative estimate of drug-likeness (QED) is 0.176. The predicted molar refractivity (Wildman–Crippen MR) is 249 cm³/mol. The van der Waals surface area contributed by atoms with Crippen molar-refractivity contribution in [1.82, 2.24) is 18.3 Å². The standard InChI is InChI=1S/C55H33N5/c56-34-35-24-26-41-43-28-31-50-53(55(43)59(51(41)32-35)38-18-8-3-9-19-38)45-33-39(25-29-48(45)58(50)37-16-6-2-7-17-37)60-46-22-12-10-20-40(46)42-27-30-49-52(54(42)60)44-21-11-13-23-47(44)57(49)36-14-4-1-5-15-36/h1-33H. The number of rotatable bonds is 4. The third-order valence-corrected chi connectivity index (χ3v) is 12.5. The molecule has 5 heteroatoms. The summed E-state index contributed by atoms with van der Waals surface area (Å²) in [6, 6.07) is 74.2. The molecule has 0 saturated heterocycles. The highest BCUT2D eigenvalue weighted by molar-refractivity contribution is 6.28. The van der Waals surface area contributed by atoms with Gasteiger partial charge < -0.3 is 18.3 Å². The Kier molecular flexibility index (Phi) is 6.73. The van der Waals surface area contributed by atoms with Crippen LogP contribution in [-0.2, 0) is 0 Å². The van der Waals surface area contributed by atoms with E-state index in [1.165, 1.54) is 43.5 Å². The highest BCUT2D eigenvalue weighted by atomic mass is 15.0. The number of nitrogens with zero attached hydrogens (tertiary/aromatic N) is 5. The molecule has 4 aromatic heterocycles. The Morgan fingerprint density at radius 1 is 0.283 bits per heavy atom. The predicted octanol–water partition coefficient (Wildman–Crippen LogP) is 13.9. The fourth-order valence-electron chi connectivity index (χ4n) is 10.1. The van der Waals surface area contributed by atoms with Crippen molar-refractivity contribution in [3.05, 3.63) is 206 Å². The average molecular weight is 764 g/mol. The molecule has 0 fully saturated rings. The maximum absolute atomic E-state index is 10.1. The molecule has 13 rings (SSSR count). The lowest BCUT2D eigenvalue weighted by Gasteiger charge is -2.11. The first-order valence-corrected chi connectivity index (χ1v) is 20.3. The Bertz CT molecular complexity index is 3930. The van der Waals surface area contributed by atoms with Gasteiger partial charge in [-0.25, -0.2) is 0 Å². The average Bonchev–Trinajstić information content (AvgIpc) is 4.04. The van der Waals surface area contributed by atoms with E-state index >= 15 is 0 Å². The lowest BCUT2D eigenvalue weighted by atomic mass is 10.1. The van der Waals surface area contributed by atoms with Gasteiger partial charge in [0.15, 0.2) is 0 Å². The zero-order valence-electron chi connectivity index (χ0n) is 32.3. The van der Waals surface area contributed by atoms with E-state index in [1.54, 1.807) is 0 Å². The maximum Gasteiger partial charge on any atom is 0.0992 e. The number of para-hydroxylation sites is 5. The number of nitriles is 1. The molecule has 5 nitrogen and oxygen atoms in total.